The number of carbonyl (C=O) groups is 1. The molecule has 6 heteroatoms. The van der Waals surface area contributed by atoms with Crippen LogP contribution in [0.1, 0.15) is 61.5 Å². The van der Waals surface area contributed by atoms with E-state index in [0.717, 1.165) is 24.8 Å². The molecule has 1 fully saturated rings. The summed E-state index contributed by atoms with van der Waals surface area (Å²) in [5, 5.41) is 3.62. The van der Waals surface area contributed by atoms with Crippen molar-refractivity contribution >= 4 is 5.78 Å². The first-order valence-corrected chi connectivity index (χ1v) is 8.37. The summed E-state index contributed by atoms with van der Waals surface area (Å²) in [6.45, 7) is 0. The SMILES string of the molecule is O=C(CC1CC1)C[C@@H]1CCc2cc(-c3noc(C(F)F)n3)ccc21. The molecule has 1 aromatic heterocycles. The molecular weight excluding hydrogens is 314 g/mol. The second-order valence-corrected chi connectivity index (χ2v) is 6.80. The minimum atomic E-state index is -2.76. The van der Waals surface area contributed by atoms with E-state index >= 15 is 0 Å². The topological polar surface area (TPSA) is 56.0 Å². The Hall–Kier alpha value is -2.11. The van der Waals surface area contributed by atoms with Gasteiger partial charge in [0.25, 0.3) is 5.89 Å². The summed E-state index contributed by atoms with van der Waals surface area (Å²) >= 11 is 0. The van der Waals surface area contributed by atoms with Crippen molar-refractivity contribution in [2.45, 2.75) is 50.9 Å². The Bertz CT molecular complexity index is 768. The molecular formula is C18H18F2N2O2. The number of halogens is 2. The van der Waals surface area contributed by atoms with Crippen molar-refractivity contribution in [2.24, 2.45) is 5.92 Å². The zero-order chi connectivity index (χ0) is 16.7. The van der Waals surface area contributed by atoms with Crippen molar-refractivity contribution in [3.8, 4) is 11.4 Å². The molecule has 0 radical (unpaired) electrons. The van der Waals surface area contributed by atoms with E-state index in [0.29, 0.717) is 23.7 Å². The van der Waals surface area contributed by atoms with Crippen LogP contribution in [0.25, 0.3) is 11.4 Å². The quantitative estimate of drug-likeness (QED) is 0.783. The molecule has 0 saturated heterocycles. The van der Waals surface area contributed by atoms with Crippen molar-refractivity contribution in [1.29, 1.82) is 0 Å². The molecule has 0 bridgehead atoms. The van der Waals surface area contributed by atoms with Gasteiger partial charge in [0, 0.05) is 18.4 Å². The smallest absolute Gasteiger partial charge is 0.315 e. The third kappa shape index (κ3) is 3.09. The molecule has 2 aliphatic rings. The molecule has 0 N–H and O–H groups in total. The van der Waals surface area contributed by atoms with Gasteiger partial charge < -0.3 is 4.52 Å². The number of ketones is 1. The largest absolute Gasteiger partial charge is 0.333 e. The van der Waals surface area contributed by atoms with E-state index in [-0.39, 0.29) is 11.7 Å². The number of hydrogen-bond acceptors (Lipinski definition) is 4. The van der Waals surface area contributed by atoms with Crippen LogP contribution in [0.4, 0.5) is 8.78 Å². The monoisotopic (exact) mass is 332 g/mol. The van der Waals surface area contributed by atoms with Gasteiger partial charge in [-0.15, -0.1) is 0 Å². The molecule has 24 heavy (non-hydrogen) atoms. The summed E-state index contributed by atoms with van der Waals surface area (Å²) in [4.78, 5) is 15.8. The van der Waals surface area contributed by atoms with Gasteiger partial charge in [-0.1, -0.05) is 17.3 Å². The molecule has 4 rings (SSSR count). The Morgan fingerprint density at radius 1 is 1.25 bits per heavy atom. The average Bonchev–Trinajstić information content (AvgIpc) is 3.09. The Balaban J connectivity index is 1.50. The van der Waals surface area contributed by atoms with Gasteiger partial charge in [0.2, 0.25) is 5.82 Å². The number of aryl methyl sites for hydroxylation is 1. The normalized spacial score (nSPS) is 19.7. The van der Waals surface area contributed by atoms with Crippen molar-refractivity contribution in [2.75, 3.05) is 0 Å². The summed E-state index contributed by atoms with van der Waals surface area (Å²) in [7, 11) is 0. The third-order valence-electron chi connectivity index (χ3n) is 4.92. The summed E-state index contributed by atoms with van der Waals surface area (Å²) in [6.07, 6.45) is 2.82. The van der Waals surface area contributed by atoms with Gasteiger partial charge in [-0.2, -0.15) is 13.8 Å². The molecule has 2 aromatic rings. The van der Waals surface area contributed by atoms with Crippen LogP contribution in [-0.2, 0) is 11.2 Å². The van der Waals surface area contributed by atoms with Crippen LogP contribution in [0.2, 0.25) is 0 Å². The van der Waals surface area contributed by atoms with Crippen molar-refractivity contribution in [1.82, 2.24) is 10.1 Å². The molecule has 0 spiro atoms. The molecule has 1 heterocycles. The molecule has 126 valence electrons. The van der Waals surface area contributed by atoms with Crippen molar-refractivity contribution in [3.05, 3.63) is 35.2 Å². The number of benzene rings is 1. The van der Waals surface area contributed by atoms with Crippen LogP contribution in [0.15, 0.2) is 22.7 Å². The number of rotatable bonds is 6. The lowest BCUT2D eigenvalue weighted by Crippen LogP contribution is -2.05. The maximum atomic E-state index is 12.6. The van der Waals surface area contributed by atoms with E-state index in [9.17, 15) is 13.6 Å². The Kier molecular flexibility index (Phi) is 3.90. The maximum absolute atomic E-state index is 12.6. The first-order chi connectivity index (χ1) is 11.6. The summed E-state index contributed by atoms with van der Waals surface area (Å²) in [5.74, 6) is 0.791. The van der Waals surface area contributed by atoms with Gasteiger partial charge in [-0.25, -0.2) is 0 Å². The van der Waals surface area contributed by atoms with E-state index in [4.69, 9.17) is 0 Å². The highest BCUT2D eigenvalue weighted by atomic mass is 19.3. The van der Waals surface area contributed by atoms with E-state index in [1.54, 1.807) is 0 Å². The molecule has 0 amide bonds. The minimum Gasteiger partial charge on any atom is -0.333 e. The molecule has 0 unspecified atom stereocenters. The highest BCUT2D eigenvalue weighted by molar-refractivity contribution is 5.80. The Labute approximate surface area is 138 Å². The van der Waals surface area contributed by atoms with Crippen LogP contribution >= 0.6 is 0 Å². The van der Waals surface area contributed by atoms with Crippen LogP contribution in [-0.4, -0.2) is 15.9 Å². The lowest BCUT2D eigenvalue weighted by atomic mass is 9.93. The number of carbonyl (C=O) groups excluding carboxylic acids is 1. The second kappa shape index (κ2) is 6.07. The van der Waals surface area contributed by atoms with E-state index in [1.165, 1.54) is 18.4 Å². The zero-order valence-corrected chi connectivity index (χ0v) is 13.2. The van der Waals surface area contributed by atoms with Gasteiger partial charge in [-0.3, -0.25) is 4.79 Å². The molecule has 4 nitrogen and oxygen atoms in total. The van der Waals surface area contributed by atoms with E-state index < -0.39 is 12.3 Å². The second-order valence-electron chi connectivity index (χ2n) is 6.80. The highest BCUT2D eigenvalue weighted by Gasteiger charge is 2.29. The zero-order valence-electron chi connectivity index (χ0n) is 13.2. The molecule has 1 aromatic carbocycles. The summed E-state index contributed by atoms with van der Waals surface area (Å²) < 4.78 is 29.7. The Morgan fingerprint density at radius 2 is 2.08 bits per heavy atom. The fourth-order valence-electron chi connectivity index (χ4n) is 3.50. The minimum absolute atomic E-state index is 0.182. The lowest BCUT2D eigenvalue weighted by molar-refractivity contribution is -0.119. The standard InChI is InChI=1S/C18H18F2N2O2/c19-16(20)18-21-17(22-24-18)13-5-6-15-11(8-13)3-4-12(15)9-14(23)7-10-1-2-10/h5-6,8,10,12,16H,1-4,7,9H2/t12-/m0/s1. The number of fused-ring (bicyclic) bond motifs is 1. The van der Waals surface area contributed by atoms with Crippen LogP contribution in [0.3, 0.4) is 0 Å². The maximum Gasteiger partial charge on any atom is 0.315 e. The predicted molar refractivity (Wildman–Crippen MR) is 82.7 cm³/mol. The van der Waals surface area contributed by atoms with Crippen molar-refractivity contribution < 1.29 is 18.1 Å². The summed E-state index contributed by atoms with van der Waals surface area (Å²) in [6, 6.07) is 5.73. The van der Waals surface area contributed by atoms with Gasteiger partial charge in [0.05, 0.1) is 0 Å². The predicted octanol–water partition coefficient (Wildman–Crippen LogP) is 4.46. The van der Waals surface area contributed by atoms with Crippen molar-refractivity contribution in [3.63, 3.8) is 0 Å². The number of nitrogens with zero attached hydrogens (tertiary/aromatic N) is 2. The highest BCUT2D eigenvalue weighted by Crippen LogP contribution is 2.39. The Morgan fingerprint density at radius 3 is 2.79 bits per heavy atom. The average molecular weight is 332 g/mol. The third-order valence-corrected chi connectivity index (χ3v) is 4.92. The van der Waals surface area contributed by atoms with Crippen LogP contribution < -0.4 is 0 Å². The van der Waals surface area contributed by atoms with Gasteiger partial charge in [-0.05, 0) is 54.7 Å². The fourth-order valence-corrected chi connectivity index (χ4v) is 3.50. The van der Waals surface area contributed by atoms with E-state index in [2.05, 4.69) is 14.7 Å². The number of aromatic nitrogens is 2. The van der Waals surface area contributed by atoms with E-state index in [1.807, 2.05) is 18.2 Å². The van der Waals surface area contributed by atoms with Crippen LogP contribution in [0, 0.1) is 5.92 Å². The first kappa shape index (κ1) is 15.4. The van der Waals surface area contributed by atoms with Gasteiger partial charge in [0.15, 0.2) is 0 Å². The molecule has 1 atom stereocenters. The van der Waals surface area contributed by atoms with Gasteiger partial charge in [0.1, 0.15) is 5.78 Å². The lowest BCUT2D eigenvalue weighted by Gasteiger charge is -2.11. The fraction of sp³-hybridized carbons (Fsp3) is 0.500. The first-order valence-electron chi connectivity index (χ1n) is 8.37. The van der Waals surface area contributed by atoms with Gasteiger partial charge >= 0.3 is 6.43 Å². The number of hydrogen-bond donors (Lipinski definition) is 0. The number of Topliss-reactive ketones (excluding diaryl/α,β-unsaturated/α-hetero) is 1. The molecule has 2 aliphatic carbocycles. The number of alkyl halides is 2. The molecule has 0 aliphatic heterocycles. The molecule has 1 saturated carbocycles. The summed E-state index contributed by atoms with van der Waals surface area (Å²) in [5.41, 5.74) is 3.02. The van der Waals surface area contributed by atoms with Crippen LogP contribution in [0.5, 0.6) is 0 Å².